The van der Waals surface area contributed by atoms with Gasteiger partial charge in [-0.2, -0.15) is 0 Å². The Bertz CT molecular complexity index is 891. The third-order valence-corrected chi connectivity index (χ3v) is 5.79. The lowest BCUT2D eigenvalue weighted by atomic mass is 10.1. The third-order valence-electron chi connectivity index (χ3n) is 5.79. The van der Waals surface area contributed by atoms with E-state index in [9.17, 15) is 9.59 Å². The van der Waals surface area contributed by atoms with Crippen LogP contribution in [0.4, 0.5) is 11.4 Å². The molecule has 2 aromatic rings. The lowest BCUT2D eigenvalue weighted by Crippen LogP contribution is -3.19. The van der Waals surface area contributed by atoms with Crippen molar-refractivity contribution in [3.63, 3.8) is 0 Å². The van der Waals surface area contributed by atoms with Crippen LogP contribution in [-0.2, 0) is 9.59 Å². The van der Waals surface area contributed by atoms with Crippen LogP contribution >= 0.6 is 0 Å². The van der Waals surface area contributed by atoms with E-state index in [-0.39, 0.29) is 24.3 Å². The first-order valence-electron chi connectivity index (χ1n) is 9.85. The van der Waals surface area contributed by atoms with Crippen LogP contribution in [0.5, 0.6) is 11.5 Å². The zero-order valence-corrected chi connectivity index (χ0v) is 16.8. The van der Waals surface area contributed by atoms with E-state index in [0.717, 1.165) is 37.6 Å². The van der Waals surface area contributed by atoms with Crippen molar-refractivity contribution < 1.29 is 24.0 Å². The average molecular weight is 396 g/mol. The molecule has 2 fully saturated rings. The van der Waals surface area contributed by atoms with Crippen molar-refractivity contribution in [2.45, 2.75) is 12.5 Å². The van der Waals surface area contributed by atoms with Gasteiger partial charge in [-0.25, -0.2) is 4.90 Å². The summed E-state index contributed by atoms with van der Waals surface area (Å²) in [6.45, 7) is 3.31. The van der Waals surface area contributed by atoms with Crippen LogP contribution in [0.15, 0.2) is 48.5 Å². The minimum atomic E-state index is -0.308. The van der Waals surface area contributed by atoms with E-state index < -0.39 is 0 Å². The van der Waals surface area contributed by atoms with E-state index in [4.69, 9.17) is 9.47 Å². The predicted octanol–water partition coefficient (Wildman–Crippen LogP) is 0.741. The molecule has 7 nitrogen and oxygen atoms in total. The number of carbonyl (C=O) groups excluding carboxylic acids is 2. The summed E-state index contributed by atoms with van der Waals surface area (Å²) in [7, 11) is 3.25. The zero-order valence-electron chi connectivity index (χ0n) is 16.8. The Balaban J connectivity index is 1.42. The SMILES string of the molecule is COc1ccc(N2C(=O)C[C@H]([NH+]3CCN(c4cccc(OC)c4)CC3)C2=O)cc1. The summed E-state index contributed by atoms with van der Waals surface area (Å²) in [6.07, 6.45) is 0.263. The normalized spacial score (nSPS) is 20.3. The zero-order chi connectivity index (χ0) is 20.4. The summed E-state index contributed by atoms with van der Waals surface area (Å²) in [4.78, 5) is 30.4. The van der Waals surface area contributed by atoms with E-state index in [0.29, 0.717) is 11.4 Å². The number of anilines is 2. The van der Waals surface area contributed by atoms with Gasteiger partial charge in [0.05, 0.1) is 52.5 Å². The van der Waals surface area contributed by atoms with E-state index in [1.807, 2.05) is 18.2 Å². The highest BCUT2D eigenvalue weighted by atomic mass is 16.5. The second kappa shape index (κ2) is 8.13. The summed E-state index contributed by atoms with van der Waals surface area (Å²) < 4.78 is 10.5. The largest absolute Gasteiger partial charge is 0.497 e. The first-order chi connectivity index (χ1) is 14.1. The van der Waals surface area contributed by atoms with E-state index in [1.54, 1.807) is 38.5 Å². The topological polar surface area (TPSA) is 63.5 Å². The van der Waals surface area contributed by atoms with Gasteiger partial charge in [-0.15, -0.1) is 0 Å². The number of rotatable bonds is 5. The van der Waals surface area contributed by atoms with Crippen LogP contribution in [0.3, 0.4) is 0 Å². The summed E-state index contributed by atoms with van der Waals surface area (Å²) in [5.41, 5.74) is 1.73. The molecule has 29 heavy (non-hydrogen) atoms. The van der Waals surface area contributed by atoms with Gasteiger partial charge in [0.15, 0.2) is 6.04 Å². The molecule has 2 heterocycles. The molecule has 2 aliphatic heterocycles. The summed E-state index contributed by atoms with van der Waals surface area (Å²) in [6, 6.07) is 14.8. The van der Waals surface area contributed by atoms with Crippen LogP contribution in [0, 0.1) is 0 Å². The summed E-state index contributed by atoms with van der Waals surface area (Å²) in [5.74, 6) is 1.30. The number of nitrogens with one attached hydrogen (secondary N) is 1. The molecule has 4 rings (SSSR count). The Hall–Kier alpha value is -3.06. The minimum absolute atomic E-state index is 0.106. The number of hydrogen-bond donors (Lipinski definition) is 1. The van der Waals surface area contributed by atoms with Crippen molar-refractivity contribution in [1.82, 2.24) is 0 Å². The molecule has 152 valence electrons. The molecular formula is C22H26N3O4+. The van der Waals surface area contributed by atoms with Gasteiger partial charge in [0.2, 0.25) is 5.91 Å². The number of carbonyl (C=O) groups is 2. The van der Waals surface area contributed by atoms with Crippen LogP contribution in [0.2, 0.25) is 0 Å². The molecule has 7 heteroatoms. The van der Waals surface area contributed by atoms with Gasteiger partial charge in [-0.1, -0.05) is 6.07 Å². The Labute approximate surface area is 170 Å². The van der Waals surface area contributed by atoms with E-state index >= 15 is 0 Å². The molecule has 2 aliphatic rings. The standard InChI is InChI=1S/C22H25N3O4/c1-28-18-8-6-16(7-9-18)25-21(26)15-20(22(25)27)24-12-10-23(11-13-24)17-4-3-5-19(14-17)29-2/h3-9,14,20H,10-13,15H2,1-2H3/p+1/t20-/m0/s1. The number of amides is 2. The Morgan fingerprint density at radius 2 is 1.59 bits per heavy atom. The Morgan fingerprint density at radius 3 is 2.24 bits per heavy atom. The summed E-state index contributed by atoms with van der Waals surface area (Å²) >= 11 is 0. The van der Waals surface area contributed by atoms with Crippen LogP contribution in [0.1, 0.15) is 6.42 Å². The molecule has 0 aromatic heterocycles. The number of benzene rings is 2. The first-order valence-corrected chi connectivity index (χ1v) is 9.85. The quantitative estimate of drug-likeness (QED) is 0.756. The second-order valence-corrected chi connectivity index (χ2v) is 7.37. The van der Waals surface area contributed by atoms with Gasteiger partial charge in [0.25, 0.3) is 5.91 Å². The van der Waals surface area contributed by atoms with Crippen LogP contribution in [-0.4, -0.2) is 58.3 Å². The lowest BCUT2D eigenvalue weighted by Gasteiger charge is -2.35. The smallest absolute Gasteiger partial charge is 0.292 e. The molecule has 1 N–H and O–H groups in total. The fourth-order valence-electron chi connectivity index (χ4n) is 4.16. The highest BCUT2D eigenvalue weighted by Crippen LogP contribution is 2.25. The Kier molecular flexibility index (Phi) is 5.40. The minimum Gasteiger partial charge on any atom is -0.497 e. The van der Waals surface area contributed by atoms with Crippen molar-refractivity contribution in [2.24, 2.45) is 0 Å². The Morgan fingerprint density at radius 1 is 0.897 bits per heavy atom. The molecular weight excluding hydrogens is 370 g/mol. The molecule has 0 saturated carbocycles. The highest BCUT2D eigenvalue weighted by molar-refractivity contribution is 6.21. The van der Waals surface area contributed by atoms with Gasteiger partial charge in [-0.3, -0.25) is 9.59 Å². The highest BCUT2D eigenvalue weighted by Gasteiger charge is 2.46. The molecule has 0 bridgehead atoms. The van der Waals surface area contributed by atoms with Gasteiger partial charge >= 0.3 is 0 Å². The maximum absolute atomic E-state index is 13.0. The van der Waals surface area contributed by atoms with Gasteiger partial charge in [0, 0.05) is 11.8 Å². The first kappa shape index (κ1) is 19.3. The molecule has 2 saturated heterocycles. The van der Waals surface area contributed by atoms with Gasteiger partial charge in [0.1, 0.15) is 11.5 Å². The molecule has 0 spiro atoms. The number of hydrogen-bond acceptors (Lipinski definition) is 5. The average Bonchev–Trinajstić information content (AvgIpc) is 3.08. The molecule has 2 aromatic carbocycles. The molecule has 2 amide bonds. The van der Waals surface area contributed by atoms with Gasteiger partial charge < -0.3 is 19.3 Å². The van der Waals surface area contributed by atoms with Crippen molar-refractivity contribution >= 4 is 23.2 Å². The van der Waals surface area contributed by atoms with Crippen molar-refractivity contribution in [3.05, 3.63) is 48.5 Å². The van der Waals surface area contributed by atoms with Crippen molar-refractivity contribution in [1.29, 1.82) is 0 Å². The van der Waals surface area contributed by atoms with Crippen LogP contribution < -0.4 is 24.2 Å². The monoisotopic (exact) mass is 396 g/mol. The fraction of sp³-hybridized carbons (Fsp3) is 0.364. The van der Waals surface area contributed by atoms with Crippen molar-refractivity contribution in [3.8, 4) is 11.5 Å². The number of methoxy groups -OCH3 is 2. The van der Waals surface area contributed by atoms with Gasteiger partial charge in [-0.05, 0) is 36.4 Å². The number of piperazine rings is 1. The molecule has 0 radical (unpaired) electrons. The number of ether oxygens (including phenoxy) is 2. The number of nitrogens with zero attached hydrogens (tertiary/aromatic N) is 2. The maximum Gasteiger partial charge on any atom is 0.292 e. The molecule has 1 atom stereocenters. The third kappa shape index (κ3) is 3.78. The molecule has 0 aliphatic carbocycles. The van der Waals surface area contributed by atoms with Crippen molar-refractivity contribution in [2.75, 3.05) is 50.2 Å². The maximum atomic E-state index is 13.0. The predicted molar refractivity (Wildman–Crippen MR) is 110 cm³/mol. The van der Waals surface area contributed by atoms with E-state index in [2.05, 4.69) is 11.0 Å². The van der Waals surface area contributed by atoms with Crippen LogP contribution in [0.25, 0.3) is 0 Å². The fourth-order valence-corrected chi connectivity index (χ4v) is 4.16. The second-order valence-electron chi connectivity index (χ2n) is 7.37. The summed E-state index contributed by atoms with van der Waals surface area (Å²) in [5, 5.41) is 0. The number of imide groups is 1. The molecule has 0 unspecified atom stereocenters. The van der Waals surface area contributed by atoms with E-state index in [1.165, 1.54) is 9.80 Å². The number of quaternary nitrogens is 1. The lowest BCUT2D eigenvalue weighted by molar-refractivity contribution is -0.915.